The van der Waals surface area contributed by atoms with Gasteiger partial charge in [-0.05, 0) is 115 Å². The number of rotatable bonds is 8. The van der Waals surface area contributed by atoms with E-state index in [0.717, 1.165) is 22.3 Å². The number of phenols is 4. The molecule has 0 radical (unpaired) electrons. The Morgan fingerprint density at radius 1 is 0.364 bits per heavy atom. The second-order valence-corrected chi connectivity index (χ2v) is 11.5. The third-order valence-corrected chi connectivity index (χ3v) is 8.08. The summed E-state index contributed by atoms with van der Waals surface area (Å²) in [5.41, 5.74) is 8.43. The fourth-order valence-corrected chi connectivity index (χ4v) is 6.23. The van der Waals surface area contributed by atoms with E-state index >= 15 is 0 Å². The minimum Gasteiger partial charge on any atom is -0.507 e. The topological polar surface area (TPSA) is 118 Å². The van der Waals surface area contributed by atoms with Crippen molar-refractivity contribution in [3.63, 3.8) is 0 Å². The Balaban J connectivity index is 1.79. The number of hydrogen-bond donors (Lipinski definition) is 4. The van der Waals surface area contributed by atoms with Crippen molar-refractivity contribution < 1.29 is 39.4 Å². The van der Waals surface area contributed by atoms with Gasteiger partial charge in [0.15, 0.2) is 0 Å². The van der Waals surface area contributed by atoms with Crippen LogP contribution in [0, 0.1) is 0 Å². The minimum absolute atomic E-state index is 0.0974. The zero-order valence-corrected chi connectivity index (χ0v) is 25.7. The van der Waals surface area contributed by atoms with E-state index in [1.54, 1.807) is 28.4 Å². The Hall–Kier alpha value is -4.08. The molecule has 1 aliphatic carbocycles. The fraction of sp³-hybridized carbons (Fsp3) is 0.333. The lowest BCUT2D eigenvalue weighted by molar-refractivity contribution is 0.184. The highest BCUT2D eigenvalue weighted by atomic mass is 16.5. The lowest BCUT2D eigenvalue weighted by Gasteiger charge is -2.20. The van der Waals surface area contributed by atoms with Crippen LogP contribution in [0.2, 0.25) is 0 Å². The normalized spacial score (nSPS) is 12.8. The molecule has 8 nitrogen and oxygen atoms in total. The largest absolute Gasteiger partial charge is 0.507 e. The molecule has 0 fully saturated rings. The molecule has 0 heterocycles. The molecular weight excluding hydrogens is 560 g/mol. The van der Waals surface area contributed by atoms with E-state index in [1.165, 1.54) is 0 Å². The summed E-state index contributed by atoms with van der Waals surface area (Å²) in [7, 11) is 6.47. The maximum absolute atomic E-state index is 11.6. The van der Waals surface area contributed by atoms with Gasteiger partial charge in [0.25, 0.3) is 0 Å². The van der Waals surface area contributed by atoms with Gasteiger partial charge < -0.3 is 39.4 Å². The van der Waals surface area contributed by atoms with Crippen LogP contribution in [0.5, 0.6) is 23.0 Å². The second kappa shape index (κ2) is 13.7. The van der Waals surface area contributed by atoms with Gasteiger partial charge in [-0.3, -0.25) is 0 Å². The van der Waals surface area contributed by atoms with Crippen LogP contribution in [0.1, 0.15) is 66.8 Å². The highest BCUT2D eigenvalue weighted by molar-refractivity contribution is 5.57. The molecule has 0 amide bonds. The predicted octanol–water partition coefficient (Wildman–Crippen LogP) is 5.77. The van der Waals surface area contributed by atoms with Crippen molar-refractivity contribution in [3.8, 4) is 23.0 Å². The van der Waals surface area contributed by atoms with Crippen molar-refractivity contribution in [2.24, 2.45) is 0 Å². The summed E-state index contributed by atoms with van der Waals surface area (Å²) in [6.45, 7) is 1.33. The smallest absolute Gasteiger partial charge is 0.122 e. The van der Waals surface area contributed by atoms with Crippen LogP contribution in [0.4, 0.5) is 0 Å². The number of hydrogen-bond acceptors (Lipinski definition) is 8. The molecule has 0 unspecified atom stereocenters. The number of methoxy groups -OCH3 is 4. The lowest BCUT2D eigenvalue weighted by atomic mass is 9.88. The third kappa shape index (κ3) is 6.69. The quantitative estimate of drug-likeness (QED) is 0.177. The number of aromatic hydroxyl groups is 4. The summed E-state index contributed by atoms with van der Waals surface area (Å²) in [5, 5.41) is 46.3. The van der Waals surface area contributed by atoms with Gasteiger partial charge in [-0.25, -0.2) is 0 Å². The number of benzene rings is 4. The molecule has 8 heteroatoms. The van der Waals surface area contributed by atoms with Gasteiger partial charge in [-0.15, -0.1) is 0 Å². The lowest BCUT2D eigenvalue weighted by Crippen LogP contribution is -2.05. The van der Waals surface area contributed by atoms with Gasteiger partial charge in [0, 0.05) is 54.1 Å². The van der Waals surface area contributed by atoms with Crippen molar-refractivity contribution in [2.75, 3.05) is 28.4 Å². The molecule has 0 saturated heterocycles. The molecule has 0 aliphatic heterocycles. The maximum atomic E-state index is 11.6. The summed E-state index contributed by atoms with van der Waals surface area (Å²) < 4.78 is 21.8. The number of fused-ring (bicyclic) bond motifs is 8. The average Bonchev–Trinajstić information content (AvgIpc) is 2.98. The van der Waals surface area contributed by atoms with E-state index < -0.39 is 0 Å². The molecule has 44 heavy (non-hydrogen) atoms. The van der Waals surface area contributed by atoms with E-state index in [2.05, 4.69) is 0 Å². The van der Waals surface area contributed by atoms with Crippen molar-refractivity contribution in [1.29, 1.82) is 0 Å². The fourth-order valence-electron chi connectivity index (χ4n) is 6.23. The summed E-state index contributed by atoms with van der Waals surface area (Å²) in [5.74, 6) is 0.390. The highest BCUT2D eigenvalue weighted by Gasteiger charge is 2.21. The average molecular weight is 601 g/mol. The van der Waals surface area contributed by atoms with Crippen LogP contribution in [-0.2, 0) is 71.1 Å². The van der Waals surface area contributed by atoms with Gasteiger partial charge in [-0.2, -0.15) is 0 Å². The zero-order chi connectivity index (χ0) is 31.4. The Bertz CT molecular complexity index is 1320. The minimum atomic E-state index is 0.0974. The first-order valence-corrected chi connectivity index (χ1v) is 14.5. The van der Waals surface area contributed by atoms with Crippen LogP contribution < -0.4 is 0 Å². The van der Waals surface area contributed by atoms with Gasteiger partial charge in [0.2, 0.25) is 0 Å². The van der Waals surface area contributed by atoms with Gasteiger partial charge in [0.05, 0.1) is 26.4 Å². The Kier molecular flexibility index (Phi) is 9.76. The van der Waals surface area contributed by atoms with Crippen molar-refractivity contribution in [1.82, 2.24) is 0 Å². The Labute approximate surface area is 258 Å². The van der Waals surface area contributed by atoms with E-state index in [0.29, 0.717) is 70.9 Å². The van der Waals surface area contributed by atoms with Crippen LogP contribution in [0.25, 0.3) is 0 Å². The summed E-state index contributed by atoms with van der Waals surface area (Å²) >= 11 is 0. The van der Waals surface area contributed by atoms with Crippen LogP contribution in [0.15, 0.2) is 48.5 Å². The maximum Gasteiger partial charge on any atom is 0.122 e. The molecule has 1 aliphatic rings. The van der Waals surface area contributed by atoms with Crippen LogP contribution in [0.3, 0.4) is 0 Å². The predicted molar refractivity (Wildman–Crippen MR) is 167 cm³/mol. The van der Waals surface area contributed by atoms with E-state index in [-0.39, 0.29) is 48.7 Å². The molecule has 4 aromatic carbocycles. The molecular formula is C36H40O8. The monoisotopic (exact) mass is 600 g/mol. The first-order valence-electron chi connectivity index (χ1n) is 14.5. The third-order valence-electron chi connectivity index (χ3n) is 8.08. The van der Waals surface area contributed by atoms with Gasteiger partial charge in [-0.1, -0.05) is 0 Å². The van der Waals surface area contributed by atoms with Crippen LogP contribution in [-0.4, -0.2) is 48.9 Å². The summed E-state index contributed by atoms with van der Waals surface area (Å²) in [6.07, 6.45) is 0.979. The van der Waals surface area contributed by atoms with Gasteiger partial charge in [0.1, 0.15) is 23.0 Å². The molecule has 0 spiro atoms. The molecule has 5 rings (SSSR count). The molecule has 4 N–H and O–H groups in total. The zero-order valence-electron chi connectivity index (χ0n) is 25.7. The SMILES string of the molecule is COCc1cc2c(O)c(c1)Cc1cc(COC)cc(c1O)Cc1cc(COC)cc(c1O)Cc1cc(COC)cc(c1O)C2. The van der Waals surface area contributed by atoms with Gasteiger partial charge >= 0.3 is 0 Å². The van der Waals surface area contributed by atoms with Crippen molar-refractivity contribution in [2.45, 2.75) is 52.1 Å². The molecule has 8 bridgehead atoms. The molecule has 0 aromatic heterocycles. The second-order valence-electron chi connectivity index (χ2n) is 11.5. The van der Waals surface area contributed by atoms with Crippen molar-refractivity contribution >= 4 is 0 Å². The molecule has 0 saturated carbocycles. The summed E-state index contributed by atoms with van der Waals surface area (Å²) in [4.78, 5) is 0. The number of phenolic OH excluding ortho intramolecular Hbond substituents is 4. The standard InChI is InChI=1S/C36H40O8/c1-41-17-21-5-25-13-27-7-22(18-42-2)9-29(34(27)38)15-31-11-24(20-44-4)12-32(36(31)40)16-30-10-23(19-43-3)8-28(35(30)39)14-26(6-21)33(25)37/h5-12,37-40H,13-20H2,1-4H3. The van der Waals surface area contributed by atoms with E-state index in [4.69, 9.17) is 18.9 Å². The van der Waals surface area contributed by atoms with Crippen molar-refractivity contribution in [3.05, 3.63) is 115 Å². The Morgan fingerprint density at radius 3 is 0.659 bits per heavy atom. The Morgan fingerprint density at radius 2 is 0.523 bits per heavy atom. The first-order chi connectivity index (χ1) is 21.2. The highest BCUT2D eigenvalue weighted by Crippen LogP contribution is 2.39. The van der Waals surface area contributed by atoms with E-state index in [1.807, 2.05) is 48.5 Å². The molecule has 4 aromatic rings. The molecule has 0 atom stereocenters. The van der Waals surface area contributed by atoms with Crippen LogP contribution >= 0.6 is 0 Å². The molecule has 232 valence electrons. The summed E-state index contributed by atoms with van der Waals surface area (Å²) in [6, 6.07) is 15.1. The van der Waals surface area contributed by atoms with E-state index in [9.17, 15) is 20.4 Å². The number of ether oxygens (including phenoxy) is 4. The first kappa shape index (κ1) is 31.3.